The number of halogens is 8. The molecule has 0 aliphatic rings. The molecule has 0 spiro atoms. The van der Waals surface area contributed by atoms with Crippen molar-refractivity contribution in [1.82, 2.24) is 0 Å². The summed E-state index contributed by atoms with van der Waals surface area (Å²) in [6.45, 7) is 0. The van der Waals surface area contributed by atoms with Gasteiger partial charge in [-0.3, -0.25) is 4.55 Å². The first-order valence-electron chi connectivity index (χ1n) is 5.41. The highest BCUT2D eigenvalue weighted by atomic mass is 79.9. The molecular formula is C10H4Br5F3O5S. The Bertz CT molecular complexity index is 751. The van der Waals surface area contributed by atoms with Gasteiger partial charge in [-0.05, 0) is 79.6 Å². The normalized spacial score (nSPS) is 13.7. The number of carbonyl (C=O) groups excluding carboxylic acids is 1. The highest BCUT2D eigenvalue weighted by molar-refractivity contribution is 9.15. The number of carbonyl (C=O) groups is 1. The molecule has 1 rings (SSSR count). The molecule has 0 saturated carbocycles. The van der Waals surface area contributed by atoms with Gasteiger partial charge in [0.1, 0.15) is 5.75 Å². The zero-order chi connectivity index (χ0) is 19.0. The first kappa shape index (κ1) is 22.8. The Morgan fingerprint density at radius 2 is 1.38 bits per heavy atom. The summed E-state index contributed by atoms with van der Waals surface area (Å²) in [6, 6.07) is 0. The standard InChI is InChI=1S/C10H4Br5F3O5S/c11-4-3(5(12)7(14)8(15)6(4)13)9(19)23-2(10(16,17)18)1-24(20,21)22/h2H,1H2,(H,20,21,22). The van der Waals surface area contributed by atoms with Crippen LogP contribution in [0.25, 0.3) is 0 Å². The van der Waals surface area contributed by atoms with E-state index in [1.54, 1.807) is 0 Å². The molecule has 14 heteroatoms. The van der Waals surface area contributed by atoms with E-state index in [1.165, 1.54) is 0 Å². The molecule has 5 nitrogen and oxygen atoms in total. The Morgan fingerprint density at radius 1 is 1.00 bits per heavy atom. The second kappa shape index (κ2) is 8.21. The molecule has 1 aromatic rings. The molecule has 0 saturated heterocycles. The molecule has 0 heterocycles. The molecule has 0 fully saturated rings. The van der Waals surface area contributed by atoms with E-state index in [9.17, 15) is 26.4 Å². The number of hydrogen-bond donors (Lipinski definition) is 1. The minimum Gasteiger partial charge on any atom is -0.448 e. The van der Waals surface area contributed by atoms with Crippen molar-refractivity contribution in [3.8, 4) is 0 Å². The number of ether oxygens (including phenoxy) is 1. The smallest absolute Gasteiger partial charge is 0.426 e. The average molecular weight is 693 g/mol. The Morgan fingerprint density at radius 3 is 1.71 bits per heavy atom. The van der Waals surface area contributed by atoms with Crippen molar-refractivity contribution in [2.45, 2.75) is 12.3 Å². The molecule has 0 aliphatic carbocycles. The van der Waals surface area contributed by atoms with Gasteiger partial charge in [0, 0.05) is 22.4 Å². The first-order chi connectivity index (χ1) is 10.7. The van der Waals surface area contributed by atoms with Crippen molar-refractivity contribution < 1.29 is 35.7 Å². The van der Waals surface area contributed by atoms with Gasteiger partial charge in [0.15, 0.2) is 0 Å². The summed E-state index contributed by atoms with van der Waals surface area (Å²) in [6.07, 6.45) is -8.21. The van der Waals surface area contributed by atoms with Crippen LogP contribution in [-0.2, 0) is 14.9 Å². The number of benzene rings is 1. The van der Waals surface area contributed by atoms with Gasteiger partial charge in [0.05, 0.1) is 5.56 Å². The van der Waals surface area contributed by atoms with Crippen LogP contribution in [0.15, 0.2) is 22.4 Å². The Balaban J connectivity index is 3.32. The first-order valence-corrected chi connectivity index (χ1v) is 11.0. The van der Waals surface area contributed by atoms with Crippen LogP contribution < -0.4 is 0 Å². The van der Waals surface area contributed by atoms with Crippen LogP contribution in [0.4, 0.5) is 13.2 Å². The Kier molecular flexibility index (Phi) is 7.81. The van der Waals surface area contributed by atoms with Crippen molar-refractivity contribution in [1.29, 1.82) is 0 Å². The van der Waals surface area contributed by atoms with E-state index in [0.29, 0.717) is 13.4 Å². The summed E-state index contributed by atoms with van der Waals surface area (Å²) in [5, 5.41) is 0. The van der Waals surface area contributed by atoms with Gasteiger partial charge in [0.2, 0.25) is 6.10 Å². The van der Waals surface area contributed by atoms with E-state index >= 15 is 0 Å². The second-order valence-corrected chi connectivity index (χ2v) is 9.59. The van der Waals surface area contributed by atoms with Gasteiger partial charge in [-0.1, -0.05) is 0 Å². The number of esters is 1. The van der Waals surface area contributed by atoms with E-state index < -0.39 is 34.1 Å². The van der Waals surface area contributed by atoms with Gasteiger partial charge in [-0.25, -0.2) is 4.79 Å². The van der Waals surface area contributed by atoms with Crippen LogP contribution in [0.5, 0.6) is 0 Å². The number of rotatable bonds is 4. The predicted molar refractivity (Wildman–Crippen MR) is 96.6 cm³/mol. The van der Waals surface area contributed by atoms with E-state index in [-0.39, 0.29) is 14.5 Å². The second-order valence-electron chi connectivity index (χ2n) is 4.13. The maximum atomic E-state index is 12.8. The molecule has 1 N–H and O–H groups in total. The third-order valence-corrected chi connectivity index (χ3v) is 9.21. The van der Waals surface area contributed by atoms with Gasteiger partial charge in [0.25, 0.3) is 10.1 Å². The molecule has 0 bridgehead atoms. The minimum atomic E-state index is -5.19. The molecule has 0 aromatic heterocycles. The minimum absolute atomic E-state index is 0.0715. The summed E-state index contributed by atoms with van der Waals surface area (Å²) in [5.41, 5.74) is -0.318. The van der Waals surface area contributed by atoms with Gasteiger partial charge >= 0.3 is 12.1 Å². The highest BCUT2D eigenvalue weighted by Crippen LogP contribution is 2.45. The quantitative estimate of drug-likeness (QED) is 0.196. The third-order valence-electron chi connectivity index (χ3n) is 2.39. The summed E-state index contributed by atoms with van der Waals surface area (Å²) in [4.78, 5) is 12.1. The van der Waals surface area contributed by atoms with Gasteiger partial charge in [-0.15, -0.1) is 0 Å². The summed E-state index contributed by atoms with van der Waals surface area (Å²) in [5.74, 6) is -3.26. The van der Waals surface area contributed by atoms with E-state index in [4.69, 9.17) is 4.55 Å². The van der Waals surface area contributed by atoms with Crippen molar-refractivity contribution in [3.05, 3.63) is 27.9 Å². The Labute approximate surface area is 176 Å². The van der Waals surface area contributed by atoms with Crippen molar-refractivity contribution >= 4 is 95.7 Å². The fraction of sp³-hybridized carbons (Fsp3) is 0.300. The number of hydrogen-bond acceptors (Lipinski definition) is 4. The molecule has 24 heavy (non-hydrogen) atoms. The molecule has 0 aliphatic heterocycles. The molecule has 0 radical (unpaired) electrons. The van der Waals surface area contributed by atoms with Gasteiger partial charge in [-0.2, -0.15) is 21.6 Å². The third kappa shape index (κ3) is 5.64. The average Bonchev–Trinajstić information content (AvgIpc) is 2.40. The van der Waals surface area contributed by atoms with Crippen LogP contribution in [0.3, 0.4) is 0 Å². The lowest BCUT2D eigenvalue weighted by atomic mass is 10.2. The summed E-state index contributed by atoms with van der Waals surface area (Å²) in [7, 11) is -5.02. The maximum Gasteiger partial charge on any atom is 0.426 e. The van der Waals surface area contributed by atoms with Gasteiger partial charge < -0.3 is 4.74 Å². The molecule has 136 valence electrons. The molecule has 1 unspecified atom stereocenters. The van der Waals surface area contributed by atoms with Crippen molar-refractivity contribution in [3.63, 3.8) is 0 Å². The van der Waals surface area contributed by atoms with Crippen LogP contribution in [0.1, 0.15) is 10.4 Å². The van der Waals surface area contributed by atoms with E-state index in [2.05, 4.69) is 84.4 Å². The van der Waals surface area contributed by atoms with Crippen molar-refractivity contribution in [2.24, 2.45) is 0 Å². The topological polar surface area (TPSA) is 80.7 Å². The molecule has 0 amide bonds. The predicted octanol–water partition coefficient (Wildman–Crippen LogP) is 5.47. The van der Waals surface area contributed by atoms with Crippen LogP contribution in [-0.4, -0.2) is 37.0 Å². The lowest BCUT2D eigenvalue weighted by Gasteiger charge is -2.21. The molecule has 1 aromatic carbocycles. The lowest BCUT2D eigenvalue weighted by molar-refractivity contribution is -0.197. The van der Waals surface area contributed by atoms with Crippen LogP contribution in [0.2, 0.25) is 0 Å². The van der Waals surface area contributed by atoms with E-state index in [0.717, 1.165) is 0 Å². The van der Waals surface area contributed by atoms with E-state index in [1.807, 2.05) is 0 Å². The lowest BCUT2D eigenvalue weighted by Crippen LogP contribution is -2.39. The number of alkyl halides is 3. The molecular weight excluding hydrogens is 689 g/mol. The largest absolute Gasteiger partial charge is 0.448 e. The zero-order valence-electron chi connectivity index (χ0n) is 10.8. The Hall–Kier alpha value is 0.790. The van der Waals surface area contributed by atoms with Crippen LogP contribution in [0, 0.1) is 0 Å². The summed E-state index contributed by atoms with van der Waals surface area (Å²) >= 11 is 15.5. The fourth-order valence-corrected chi connectivity index (χ4v) is 5.37. The maximum absolute atomic E-state index is 12.8. The van der Waals surface area contributed by atoms with Crippen LogP contribution >= 0.6 is 79.6 Å². The van der Waals surface area contributed by atoms with Crippen molar-refractivity contribution in [2.75, 3.05) is 5.75 Å². The SMILES string of the molecule is O=C(OC(CS(=O)(=O)O)C(F)(F)F)c1c(Br)c(Br)c(Br)c(Br)c1Br. The summed E-state index contributed by atoms with van der Waals surface area (Å²) < 4.78 is 74.1. The fourth-order valence-electron chi connectivity index (χ4n) is 1.36. The zero-order valence-corrected chi connectivity index (χ0v) is 19.5. The highest BCUT2D eigenvalue weighted by Gasteiger charge is 2.46. The molecule has 1 atom stereocenters. The monoisotopic (exact) mass is 688 g/mol.